The van der Waals surface area contributed by atoms with Gasteiger partial charge in [-0.3, -0.25) is 14.4 Å². The van der Waals surface area contributed by atoms with E-state index in [-0.39, 0.29) is 49.2 Å². The van der Waals surface area contributed by atoms with Crippen LogP contribution >= 0.6 is 0 Å². The number of carbonyl (C=O) groups excluding carboxylic acids is 1. The molecule has 0 radical (unpaired) electrons. The molecule has 1 aliphatic rings. The number of nitrogens with one attached hydrogen (secondary N) is 1. The van der Waals surface area contributed by atoms with Gasteiger partial charge in [0.1, 0.15) is 12.4 Å². The number of amides is 1. The quantitative estimate of drug-likeness (QED) is 0.531. The molecule has 37 heavy (non-hydrogen) atoms. The van der Waals surface area contributed by atoms with Crippen molar-refractivity contribution in [2.24, 2.45) is 5.92 Å². The molecule has 0 aromatic heterocycles. The molecular weight excluding hydrogens is 532 g/mol. The van der Waals surface area contributed by atoms with Crippen LogP contribution in [0.5, 0.6) is 5.75 Å². The zero-order valence-corrected chi connectivity index (χ0v) is 21.6. The molecule has 0 unspecified atom stereocenters. The van der Waals surface area contributed by atoms with E-state index in [9.17, 15) is 39.6 Å². The van der Waals surface area contributed by atoms with Crippen LogP contribution in [0.1, 0.15) is 30.6 Å². The Kier molecular flexibility index (Phi) is 10.1. The number of benzene rings is 1. The van der Waals surface area contributed by atoms with Gasteiger partial charge in [-0.15, -0.1) is 0 Å². The summed E-state index contributed by atoms with van der Waals surface area (Å²) >= 11 is 0. The monoisotopic (exact) mass is 563 g/mol. The Morgan fingerprint density at radius 3 is 2.32 bits per heavy atom. The van der Waals surface area contributed by atoms with Gasteiger partial charge in [0.15, 0.2) is 5.75 Å². The van der Waals surface area contributed by atoms with Crippen molar-refractivity contribution in [3.8, 4) is 5.75 Å². The third-order valence-electron chi connectivity index (χ3n) is 5.88. The van der Waals surface area contributed by atoms with E-state index in [1.54, 1.807) is 23.5 Å². The number of nitrogens with zero attached hydrogens (tertiary/aromatic N) is 2. The Morgan fingerprint density at radius 2 is 1.76 bits per heavy atom. The Labute approximate surface area is 211 Å². The number of ether oxygens (including phenoxy) is 2. The lowest BCUT2D eigenvalue weighted by Crippen LogP contribution is -2.47. The van der Waals surface area contributed by atoms with Crippen LogP contribution in [0.15, 0.2) is 18.2 Å². The largest absolute Gasteiger partial charge is 0.491 e. The summed E-state index contributed by atoms with van der Waals surface area (Å²) in [6.07, 6.45) is -10.9. The SMILES string of the molecule is CO[C@H]1CN(C)C(=O)c2cc(NS(=O)(=O)CC(F)(F)F)ccc2OC[C@H](C)N(CCC(F)(F)F)C[C@@H]1C. The molecule has 0 saturated heterocycles. The molecule has 2 rings (SSSR count). The minimum atomic E-state index is -4.97. The normalized spacial score (nSPS) is 23.0. The maximum absolute atomic E-state index is 13.2. The fourth-order valence-electron chi connectivity index (χ4n) is 3.93. The van der Waals surface area contributed by atoms with Crippen LogP contribution in [0.25, 0.3) is 0 Å². The fourth-order valence-corrected chi connectivity index (χ4v) is 4.92. The van der Waals surface area contributed by atoms with Gasteiger partial charge in [0.2, 0.25) is 10.0 Å². The summed E-state index contributed by atoms with van der Waals surface area (Å²) in [7, 11) is -1.94. The molecule has 1 amide bonds. The molecule has 1 aromatic rings. The smallest absolute Gasteiger partial charge is 0.404 e. The van der Waals surface area contributed by atoms with Gasteiger partial charge in [-0.25, -0.2) is 8.42 Å². The van der Waals surface area contributed by atoms with Gasteiger partial charge in [0.25, 0.3) is 5.91 Å². The summed E-state index contributed by atoms with van der Waals surface area (Å²) < 4.78 is 113. The molecule has 0 saturated carbocycles. The van der Waals surface area contributed by atoms with E-state index in [0.717, 1.165) is 12.1 Å². The lowest BCUT2D eigenvalue weighted by atomic mass is 10.0. The third kappa shape index (κ3) is 9.85. The number of methoxy groups -OCH3 is 1. The Bertz CT molecular complexity index is 1030. The van der Waals surface area contributed by atoms with E-state index in [2.05, 4.69) is 0 Å². The van der Waals surface area contributed by atoms with Crippen LogP contribution < -0.4 is 9.46 Å². The molecule has 0 aliphatic carbocycles. The van der Waals surface area contributed by atoms with Gasteiger partial charge >= 0.3 is 12.4 Å². The highest BCUT2D eigenvalue weighted by Crippen LogP contribution is 2.28. The predicted molar refractivity (Wildman–Crippen MR) is 124 cm³/mol. The molecule has 0 spiro atoms. The minimum Gasteiger partial charge on any atom is -0.491 e. The topological polar surface area (TPSA) is 88.2 Å². The third-order valence-corrected chi connectivity index (χ3v) is 7.14. The van der Waals surface area contributed by atoms with E-state index in [4.69, 9.17) is 9.47 Å². The Morgan fingerprint density at radius 1 is 1.11 bits per heavy atom. The van der Waals surface area contributed by atoms with Crippen LogP contribution in [-0.2, 0) is 14.8 Å². The van der Waals surface area contributed by atoms with Gasteiger partial charge in [-0.2, -0.15) is 26.3 Å². The first kappa shape index (κ1) is 31.0. The van der Waals surface area contributed by atoms with E-state index >= 15 is 0 Å². The highest BCUT2D eigenvalue weighted by atomic mass is 32.2. The van der Waals surface area contributed by atoms with E-state index in [1.807, 2.05) is 0 Å². The number of hydrogen-bond donors (Lipinski definition) is 1. The molecule has 1 N–H and O–H groups in total. The van der Waals surface area contributed by atoms with Crippen LogP contribution in [0.2, 0.25) is 0 Å². The van der Waals surface area contributed by atoms with E-state index in [1.165, 1.54) is 25.1 Å². The number of rotatable bonds is 6. The number of carbonyl (C=O) groups is 1. The first-order chi connectivity index (χ1) is 16.9. The molecule has 1 heterocycles. The number of halogens is 6. The summed E-state index contributed by atoms with van der Waals surface area (Å²) in [5, 5.41) is 0. The highest BCUT2D eigenvalue weighted by molar-refractivity contribution is 7.92. The number of hydrogen-bond acceptors (Lipinski definition) is 6. The molecule has 8 nitrogen and oxygen atoms in total. The van der Waals surface area contributed by atoms with Crippen LogP contribution in [0.3, 0.4) is 0 Å². The second kappa shape index (κ2) is 12.1. The Hall–Kier alpha value is -2.26. The average Bonchev–Trinajstić information content (AvgIpc) is 2.74. The molecule has 3 atom stereocenters. The summed E-state index contributed by atoms with van der Waals surface area (Å²) in [4.78, 5) is 16.1. The number of fused-ring (bicyclic) bond motifs is 1. The molecule has 1 aromatic carbocycles. The number of sulfonamides is 1. The van der Waals surface area contributed by atoms with Gasteiger partial charge in [-0.1, -0.05) is 6.92 Å². The molecule has 0 fully saturated rings. The maximum atomic E-state index is 13.2. The van der Waals surface area contributed by atoms with Crippen molar-refractivity contribution < 1.29 is 49.0 Å². The second-order valence-corrected chi connectivity index (χ2v) is 10.9. The summed E-state index contributed by atoms with van der Waals surface area (Å²) in [6, 6.07) is 2.91. The zero-order chi connectivity index (χ0) is 28.2. The van der Waals surface area contributed by atoms with Crippen LogP contribution in [0, 0.1) is 5.92 Å². The van der Waals surface area contributed by atoms with Crippen LogP contribution in [-0.4, -0.2) is 94.8 Å². The minimum absolute atomic E-state index is 0.000768. The van der Waals surface area contributed by atoms with Crippen molar-refractivity contribution in [1.29, 1.82) is 0 Å². The van der Waals surface area contributed by atoms with Crippen molar-refractivity contribution >= 4 is 21.6 Å². The predicted octanol–water partition coefficient (Wildman–Crippen LogP) is 3.75. The molecule has 15 heteroatoms. The standard InChI is InChI=1S/C22H31F6N3O5S/c1-14-10-31(8-7-21(23,24)25)15(2)12-36-18-6-5-16(29-37(33,34)13-22(26,27)28)9-17(18)20(32)30(3)11-19(14)35-4/h5-6,9,14-15,19,29H,7-8,10-13H2,1-4H3/t14-,15-,19-/m0/s1. The molecular formula is C22H31F6N3O5S. The average molecular weight is 564 g/mol. The first-order valence-electron chi connectivity index (χ1n) is 11.3. The van der Waals surface area contributed by atoms with Crippen molar-refractivity contribution in [3.63, 3.8) is 0 Å². The maximum Gasteiger partial charge on any atom is 0.404 e. The number of anilines is 1. The summed E-state index contributed by atoms with van der Waals surface area (Å²) in [5.74, 6) is -3.00. The zero-order valence-electron chi connectivity index (χ0n) is 20.8. The van der Waals surface area contributed by atoms with Gasteiger partial charge in [0, 0.05) is 45.5 Å². The number of alkyl halides is 6. The lowest BCUT2D eigenvalue weighted by molar-refractivity contribution is -0.140. The molecule has 0 bridgehead atoms. The molecule has 212 valence electrons. The van der Waals surface area contributed by atoms with Crippen molar-refractivity contribution in [2.75, 3.05) is 50.9 Å². The first-order valence-corrected chi connectivity index (χ1v) is 13.0. The summed E-state index contributed by atoms with van der Waals surface area (Å²) in [6.45, 7) is 3.36. The van der Waals surface area contributed by atoms with E-state index < -0.39 is 52.6 Å². The second-order valence-electron chi connectivity index (χ2n) is 9.14. The van der Waals surface area contributed by atoms with Crippen molar-refractivity contribution in [2.45, 2.75) is 44.8 Å². The van der Waals surface area contributed by atoms with E-state index in [0.29, 0.717) is 0 Å². The summed E-state index contributed by atoms with van der Waals surface area (Å²) in [5.41, 5.74) is -0.413. The highest BCUT2D eigenvalue weighted by Gasteiger charge is 2.36. The van der Waals surface area contributed by atoms with Gasteiger partial charge in [0.05, 0.1) is 18.1 Å². The molecule has 1 aliphatic heterocycles. The number of likely N-dealkylation sites (N-methyl/N-ethyl adjacent to an activating group) is 1. The Balaban J connectivity index is 2.42. The fraction of sp³-hybridized carbons (Fsp3) is 0.682. The van der Waals surface area contributed by atoms with Crippen molar-refractivity contribution in [3.05, 3.63) is 23.8 Å². The van der Waals surface area contributed by atoms with Crippen molar-refractivity contribution in [1.82, 2.24) is 9.80 Å². The van der Waals surface area contributed by atoms with Crippen LogP contribution in [0.4, 0.5) is 32.0 Å². The lowest BCUT2D eigenvalue weighted by Gasteiger charge is -2.36. The van der Waals surface area contributed by atoms with Gasteiger partial charge in [-0.05, 0) is 31.0 Å². The van der Waals surface area contributed by atoms with Gasteiger partial charge < -0.3 is 14.4 Å².